The third kappa shape index (κ3) is 4.20. The van der Waals surface area contributed by atoms with Crippen LogP contribution in [0.4, 0.5) is 4.79 Å². The van der Waals surface area contributed by atoms with Crippen molar-refractivity contribution in [3.63, 3.8) is 0 Å². The van der Waals surface area contributed by atoms with Crippen molar-refractivity contribution in [2.75, 3.05) is 6.54 Å². The van der Waals surface area contributed by atoms with Crippen LogP contribution in [0.25, 0.3) is 0 Å². The van der Waals surface area contributed by atoms with Gasteiger partial charge in [-0.3, -0.25) is 0 Å². The summed E-state index contributed by atoms with van der Waals surface area (Å²) in [5, 5.41) is 4.05. The van der Waals surface area contributed by atoms with E-state index in [1.54, 1.807) is 0 Å². The Labute approximate surface area is 144 Å². The number of carbonyl (C=O) groups excluding carboxylic acids is 1. The SMILES string of the molecule is O=C(NC1CCCCC1)N1CCCCC[C@@H]1c1ccccc1Cl. The monoisotopic (exact) mass is 334 g/mol. The van der Waals surface area contributed by atoms with Gasteiger partial charge < -0.3 is 10.2 Å². The van der Waals surface area contributed by atoms with Crippen LogP contribution < -0.4 is 5.32 Å². The lowest BCUT2D eigenvalue weighted by Crippen LogP contribution is -2.46. The van der Waals surface area contributed by atoms with Crippen molar-refractivity contribution in [1.29, 1.82) is 0 Å². The maximum absolute atomic E-state index is 12.9. The molecule has 1 N–H and O–H groups in total. The van der Waals surface area contributed by atoms with Crippen molar-refractivity contribution in [3.05, 3.63) is 34.9 Å². The molecule has 1 saturated heterocycles. The zero-order valence-corrected chi connectivity index (χ0v) is 14.5. The van der Waals surface area contributed by atoms with Crippen LogP contribution in [0.15, 0.2) is 24.3 Å². The Kier molecular flexibility index (Phi) is 5.82. The summed E-state index contributed by atoms with van der Waals surface area (Å²) in [6.45, 7) is 0.828. The Morgan fingerprint density at radius 1 is 1.00 bits per heavy atom. The number of amides is 2. The van der Waals surface area contributed by atoms with Crippen molar-refractivity contribution in [2.45, 2.75) is 69.9 Å². The quantitative estimate of drug-likeness (QED) is 0.782. The van der Waals surface area contributed by atoms with E-state index in [4.69, 9.17) is 11.6 Å². The fraction of sp³-hybridized carbons (Fsp3) is 0.632. The van der Waals surface area contributed by atoms with E-state index in [0.717, 1.165) is 49.2 Å². The standard InChI is InChI=1S/C19H27ClN2O/c20-17-12-7-6-11-16(17)18-13-5-2-8-14-22(18)19(23)21-15-9-3-1-4-10-15/h6-7,11-12,15,18H,1-5,8-10,13-14H2,(H,21,23)/t18-/m1/s1. The largest absolute Gasteiger partial charge is 0.335 e. The molecule has 1 saturated carbocycles. The molecular weight excluding hydrogens is 308 g/mol. The summed E-state index contributed by atoms with van der Waals surface area (Å²) in [6, 6.07) is 8.53. The lowest BCUT2D eigenvalue weighted by molar-refractivity contribution is 0.169. The summed E-state index contributed by atoms with van der Waals surface area (Å²) in [6.07, 6.45) is 10.4. The maximum Gasteiger partial charge on any atom is 0.318 e. The van der Waals surface area contributed by atoms with Gasteiger partial charge in [0.25, 0.3) is 0 Å². The number of nitrogens with one attached hydrogen (secondary N) is 1. The summed E-state index contributed by atoms with van der Waals surface area (Å²) in [5.74, 6) is 0. The van der Waals surface area contributed by atoms with E-state index in [9.17, 15) is 4.79 Å². The molecule has 1 aromatic rings. The number of nitrogens with zero attached hydrogens (tertiary/aromatic N) is 1. The van der Waals surface area contributed by atoms with Gasteiger partial charge in [0.05, 0.1) is 6.04 Å². The molecule has 1 atom stereocenters. The Hall–Kier alpha value is -1.22. The van der Waals surface area contributed by atoms with Crippen LogP contribution in [0.3, 0.4) is 0 Å². The molecule has 0 aromatic heterocycles. The van der Waals surface area contributed by atoms with Crippen molar-refractivity contribution in [2.24, 2.45) is 0 Å². The van der Waals surface area contributed by atoms with Crippen molar-refractivity contribution in [1.82, 2.24) is 10.2 Å². The first-order valence-electron chi connectivity index (χ1n) is 9.07. The molecular formula is C19H27ClN2O. The van der Waals surface area contributed by atoms with Crippen molar-refractivity contribution >= 4 is 17.6 Å². The predicted octanol–water partition coefficient (Wildman–Crippen LogP) is 5.30. The van der Waals surface area contributed by atoms with Gasteiger partial charge in [0.2, 0.25) is 0 Å². The molecule has 1 aliphatic carbocycles. The van der Waals surface area contributed by atoms with Crippen LogP contribution in [0.5, 0.6) is 0 Å². The van der Waals surface area contributed by atoms with Gasteiger partial charge in [0, 0.05) is 17.6 Å². The summed E-state index contributed by atoms with van der Waals surface area (Å²) < 4.78 is 0. The number of rotatable bonds is 2. The Morgan fingerprint density at radius 2 is 1.70 bits per heavy atom. The number of urea groups is 1. The second kappa shape index (κ2) is 8.05. The lowest BCUT2D eigenvalue weighted by atomic mass is 9.95. The molecule has 1 aromatic carbocycles. The molecule has 1 aliphatic heterocycles. The fourth-order valence-corrected chi connectivity index (χ4v) is 4.19. The van der Waals surface area contributed by atoms with Crippen LogP contribution >= 0.6 is 11.6 Å². The molecule has 3 nitrogen and oxygen atoms in total. The fourth-order valence-electron chi connectivity index (χ4n) is 3.92. The molecule has 2 amide bonds. The Morgan fingerprint density at radius 3 is 2.48 bits per heavy atom. The highest BCUT2D eigenvalue weighted by molar-refractivity contribution is 6.31. The summed E-state index contributed by atoms with van der Waals surface area (Å²) in [7, 11) is 0. The first kappa shape index (κ1) is 16.6. The van der Waals surface area contributed by atoms with E-state index in [-0.39, 0.29) is 12.1 Å². The molecule has 0 bridgehead atoms. The molecule has 126 valence electrons. The first-order valence-corrected chi connectivity index (χ1v) is 9.45. The Balaban J connectivity index is 1.75. The van der Waals surface area contributed by atoms with Gasteiger partial charge in [-0.2, -0.15) is 0 Å². The number of hydrogen-bond acceptors (Lipinski definition) is 1. The number of benzene rings is 1. The minimum Gasteiger partial charge on any atom is -0.335 e. The zero-order chi connectivity index (χ0) is 16.1. The minimum absolute atomic E-state index is 0.101. The molecule has 0 unspecified atom stereocenters. The van der Waals surface area contributed by atoms with Gasteiger partial charge in [0.1, 0.15) is 0 Å². The molecule has 2 aliphatic rings. The molecule has 0 radical (unpaired) electrons. The minimum atomic E-state index is 0.101. The van der Waals surface area contributed by atoms with Gasteiger partial charge in [-0.25, -0.2) is 4.79 Å². The van der Waals surface area contributed by atoms with Gasteiger partial charge >= 0.3 is 6.03 Å². The molecule has 3 rings (SSSR count). The van der Waals surface area contributed by atoms with E-state index in [2.05, 4.69) is 11.4 Å². The average molecular weight is 335 g/mol. The smallest absolute Gasteiger partial charge is 0.318 e. The summed E-state index contributed by atoms with van der Waals surface area (Å²) in [4.78, 5) is 14.9. The lowest BCUT2D eigenvalue weighted by Gasteiger charge is -2.33. The summed E-state index contributed by atoms with van der Waals surface area (Å²) >= 11 is 6.41. The van der Waals surface area contributed by atoms with E-state index >= 15 is 0 Å². The highest BCUT2D eigenvalue weighted by Gasteiger charge is 2.29. The normalized spacial score (nSPS) is 23.3. The van der Waals surface area contributed by atoms with E-state index in [1.807, 2.05) is 23.1 Å². The van der Waals surface area contributed by atoms with Crippen molar-refractivity contribution < 1.29 is 4.79 Å². The third-order valence-electron chi connectivity index (χ3n) is 5.21. The topological polar surface area (TPSA) is 32.3 Å². The number of halogens is 1. The number of likely N-dealkylation sites (tertiary alicyclic amines) is 1. The molecule has 23 heavy (non-hydrogen) atoms. The van der Waals surface area contributed by atoms with Crippen molar-refractivity contribution in [3.8, 4) is 0 Å². The highest BCUT2D eigenvalue weighted by Crippen LogP contribution is 2.34. The molecule has 1 heterocycles. The molecule has 0 spiro atoms. The van der Waals surface area contributed by atoms with Gasteiger partial charge in [-0.1, -0.05) is 61.9 Å². The van der Waals surface area contributed by atoms with E-state index in [1.165, 1.54) is 25.7 Å². The zero-order valence-electron chi connectivity index (χ0n) is 13.8. The second-order valence-electron chi connectivity index (χ2n) is 6.86. The molecule has 4 heteroatoms. The van der Waals surface area contributed by atoms with Crippen LogP contribution in [-0.4, -0.2) is 23.5 Å². The highest BCUT2D eigenvalue weighted by atomic mass is 35.5. The van der Waals surface area contributed by atoms with Gasteiger partial charge in [-0.15, -0.1) is 0 Å². The number of carbonyl (C=O) groups is 1. The second-order valence-corrected chi connectivity index (χ2v) is 7.27. The molecule has 2 fully saturated rings. The summed E-state index contributed by atoms with van der Waals surface area (Å²) in [5.41, 5.74) is 1.09. The van der Waals surface area contributed by atoms with Gasteiger partial charge in [-0.05, 0) is 37.3 Å². The Bertz CT molecular complexity index is 528. The predicted molar refractivity (Wildman–Crippen MR) is 94.8 cm³/mol. The average Bonchev–Trinajstić information content (AvgIpc) is 2.82. The van der Waals surface area contributed by atoms with Crippen LogP contribution in [0.2, 0.25) is 5.02 Å². The van der Waals surface area contributed by atoms with Gasteiger partial charge in [0.15, 0.2) is 0 Å². The van der Waals surface area contributed by atoms with E-state index in [0.29, 0.717) is 6.04 Å². The van der Waals surface area contributed by atoms with Crippen LogP contribution in [0, 0.1) is 0 Å². The third-order valence-corrected chi connectivity index (χ3v) is 5.55. The number of hydrogen-bond donors (Lipinski definition) is 1. The first-order chi connectivity index (χ1) is 11.3. The van der Waals surface area contributed by atoms with Crippen LogP contribution in [-0.2, 0) is 0 Å². The van der Waals surface area contributed by atoms with E-state index < -0.39 is 0 Å². The maximum atomic E-state index is 12.9. The van der Waals surface area contributed by atoms with Crippen LogP contribution in [0.1, 0.15) is 69.4 Å².